The average molecular weight is 298 g/mol. The molecule has 21 heavy (non-hydrogen) atoms. The molecule has 2 amide bonds. The van der Waals surface area contributed by atoms with Gasteiger partial charge in [-0.1, -0.05) is 19.8 Å². The van der Waals surface area contributed by atoms with Crippen LogP contribution in [0.2, 0.25) is 0 Å². The first-order chi connectivity index (χ1) is 9.93. The van der Waals surface area contributed by atoms with E-state index < -0.39 is 5.97 Å². The molecule has 5 heteroatoms. The number of carboxylic acids is 1. The first kappa shape index (κ1) is 17.8. The van der Waals surface area contributed by atoms with E-state index in [0.717, 1.165) is 18.8 Å². The minimum Gasteiger partial charge on any atom is -0.481 e. The van der Waals surface area contributed by atoms with E-state index in [-0.39, 0.29) is 31.1 Å². The molecule has 5 nitrogen and oxygen atoms in total. The van der Waals surface area contributed by atoms with Crippen molar-refractivity contribution in [1.82, 2.24) is 10.2 Å². The Morgan fingerprint density at radius 2 is 1.86 bits per heavy atom. The van der Waals surface area contributed by atoms with Gasteiger partial charge in [0.15, 0.2) is 0 Å². The fraction of sp³-hybridized carbons (Fsp3) is 0.875. The van der Waals surface area contributed by atoms with Gasteiger partial charge in [0.2, 0.25) is 0 Å². The Balaban J connectivity index is 2.41. The van der Waals surface area contributed by atoms with Crippen LogP contribution in [0, 0.1) is 5.92 Å². The van der Waals surface area contributed by atoms with E-state index in [2.05, 4.69) is 12.2 Å². The van der Waals surface area contributed by atoms with E-state index in [1.54, 1.807) is 4.90 Å². The predicted molar refractivity (Wildman–Crippen MR) is 83.3 cm³/mol. The van der Waals surface area contributed by atoms with Gasteiger partial charge in [-0.05, 0) is 45.4 Å². The van der Waals surface area contributed by atoms with Crippen molar-refractivity contribution in [3.8, 4) is 0 Å². The van der Waals surface area contributed by atoms with Crippen LogP contribution in [-0.4, -0.2) is 40.6 Å². The van der Waals surface area contributed by atoms with Gasteiger partial charge in [0.1, 0.15) is 0 Å². The molecular weight excluding hydrogens is 268 g/mol. The van der Waals surface area contributed by atoms with Gasteiger partial charge in [0, 0.05) is 18.6 Å². The smallest absolute Gasteiger partial charge is 0.317 e. The van der Waals surface area contributed by atoms with Gasteiger partial charge in [-0.25, -0.2) is 4.79 Å². The Morgan fingerprint density at radius 3 is 2.33 bits per heavy atom. The highest BCUT2D eigenvalue weighted by Crippen LogP contribution is 2.27. The summed E-state index contributed by atoms with van der Waals surface area (Å²) in [6.07, 6.45) is 6.98. The fourth-order valence-electron chi connectivity index (χ4n) is 3.07. The van der Waals surface area contributed by atoms with Crippen molar-refractivity contribution < 1.29 is 14.7 Å². The van der Waals surface area contributed by atoms with Gasteiger partial charge in [-0.3, -0.25) is 4.79 Å². The average Bonchev–Trinajstić information content (AvgIpc) is 2.40. The van der Waals surface area contributed by atoms with Crippen LogP contribution in [0.5, 0.6) is 0 Å². The topological polar surface area (TPSA) is 69.6 Å². The predicted octanol–water partition coefficient (Wildman–Crippen LogP) is 3.24. The van der Waals surface area contributed by atoms with Crippen molar-refractivity contribution in [2.24, 2.45) is 5.92 Å². The van der Waals surface area contributed by atoms with Crippen molar-refractivity contribution >= 4 is 12.0 Å². The van der Waals surface area contributed by atoms with Crippen LogP contribution in [-0.2, 0) is 4.79 Å². The Labute approximate surface area is 128 Å². The molecule has 2 N–H and O–H groups in total. The van der Waals surface area contributed by atoms with E-state index in [0.29, 0.717) is 0 Å². The zero-order chi connectivity index (χ0) is 15.8. The summed E-state index contributed by atoms with van der Waals surface area (Å²) in [7, 11) is 0. The second-order valence-electron chi connectivity index (χ2n) is 6.39. The number of aliphatic carboxylic acids is 1. The maximum Gasteiger partial charge on any atom is 0.317 e. The molecule has 1 fully saturated rings. The highest BCUT2D eigenvalue weighted by atomic mass is 16.4. The van der Waals surface area contributed by atoms with Crippen LogP contribution in [0.25, 0.3) is 0 Å². The molecule has 1 aliphatic carbocycles. The molecule has 0 radical (unpaired) electrons. The van der Waals surface area contributed by atoms with E-state index in [1.807, 2.05) is 13.8 Å². The third kappa shape index (κ3) is 6.36. The SMILES string of the molecule is CCCC1CCC(NC(=O)N(CCC(=O)O)C(C)C)CC1. The molecule has 0 aromatic rings. The number of urea groups is 1. The first-order valence-corrected chi connectivity index (χ1v) is 8.23. The number of amides is 2. The normalized spacial score (nSPS) is 22.1. The molecule has 0 bridgehead atoms. The lowest BCUT2D eigenvalue weighted by molar-refractivity contribution is -0.137. The van der Waals surface area contributed by atoms with E-state index in [9.17, 15) is 9.59 Å². The number of hydrogen-bond acceptors (Lipinski definition) is 2. The molecule has 0 saturated heterocycles. The zero-order valence-electron chi connectivity index (χ0n) is 13.6. The monoisotopic (exact) mass is 298 g/mol. The molecule has 0 spiro atoms. The van der Waals surface area contributed by atoms with Gasteiger partial charge < -0.3 is 15.3 Å². The summed E-state index contributed by atoms with van der Waals surface area (Å²) in [5, 5.41) is 11.8. The maximum absolute atomic E-state index is 12.3. The highest BCUT2D eigenvalue weighted by molar-refractivity contribution is 5.75. The van der Waals surface area contributed by atoms with Crippen LogP contribution >= 0.6 is 0 Å². The molecule has 1 aliphatic rings. The quantitative estimate of drug-likeness (QED) is 0.758. The molecular formula is C16H30N2O3. The molecule has 0 heterocycles. The van der Waals surface area contributed by atoms with Crippen LogP contribution < -0.4 is 5.32 Å². The van der Waals surface area contributed by atoms with Crippen molar-refractivity contribution in [2.75, 3.05) is 6.54 Å². The first-order valence-electron chi connectivity index (χ1n) is 8.23. The van der Waals surface area contributed by atoms with E-state index >= 15 is 0 Å². The van der Waals surface area contributed by atoms with Crippen LogP contribution in [0.15, 0.2) is 0 Å². The van der Waals surface area contributed by atoms with Crippen LogP contribution in [0.4, 0.5) is 4.79 Å². The summed E-state index contributed by atoms with van der Waals surface area (Å²) in [4.78, 5) is 24.6. The minimum absolute atomic E-state index is 0.00512. The molecule has 0 aromatic heterocycles. The van der Waals surface area contributed by atoms with Crippen molar-refractivity contribution in [3.05, 3.63) is 0 Å². The Morgan fingerprint density at radius 1 is 1.24 bits per heavy atom. The van der Waals surface area contributed by atoms with Crippen molar-refractivity contribution in [3.63, 3.8) is 0 Å². The summed E-state index contributed by atoms with van der Waals surface area (Å²) in [6.45, 7) is 6.32. The number of rotatable bonds is 7. The largest absolute Gasteiger partial charge is 0.481 e. The van der Waals surface area contributed by atoms with Crippen molar-refractivity contribution in [2.45, 2.75) is 77.8 Å². The number of carbonyl (C=O) groups is 2. The summed E-state index contributed by atoms with van der Waals surface area (Å²) >= 11 is 0. The third-order valence-corrected chi connectivity index (χ3v) is 4.32. The van der Waals surface area contributed by atoms with E-state index in [1.165, 1.54) is 25.7 Å². The third-order valence-electron chi connectivity index (χ3n) is 4.32. The Hall–Kier alpha value is -1.26. The standard InChI is InChI=1S/C16H30N2O3/c1-4-5-13-6-8-14(9-7-13)17-16(21)18(12(2)3)11-10-15(19)20/h12-14H,4-11H2,1-3H3,(H,17,21)(H,19,20). The number of nitrogens with one attached hydrogen (secondary N) is 1. The summed E-state index contributed by atoms with van der Waals surface area (Å²) in [6, 6.07) is 0.141. The minimum atomic E-state index is -0.867. The maximum atomic E-state index is 12.3. The van der Waals surface area contributed by atoms with E-state index in [4.69, 9.17) is 5.11 Å². The summed E-state index contributed by atoms with van der Waals surface area (Å²) in [5.74, 6) is -0.0510. The van der Waals surface area contributed by atoms with Gasteiger partial charge in [0.05, 0.1) is 6.42 Å². The summed E-state index contributed by atoms with van der Waals surface area (Å²) < 4.78 is 0. The summed E-state index contributed by atoms with van der Waals surface area (Å²) in [5.41, 5.74) is 0. The van der Waals surface area contributed by atoms with Crippen molar-refractivity contribution in [1.29, 1.82) is 0 Å². The Kier molecular flexibility index (Phi) is 7.54. The van der Waals surface area contributed by atoms with Gasteiger partial charge in [-0.15, -0.1) is 0 Å². The number of nitrogens with zero attached hydrogens (tertiary/aromatic N) is 1. The second-order valence-corrected chi connectivity index (χ2v) is 6.39. The second kappa shape index (κ2) is 8.90. The lowest BCUT2D eigenvalue weighted by atomic mass is 9.83. The van der Waals surface area contributed by atoms with Crippen LogP contribution in [0.3, 0.4) is 0 Å². The Bertz CT molecular complexity index is 336. The molecule has 1 saturated carbocycles. The highest BCUT2D eigenvalue weighted by Gasteiger charge is 2.25. The van der Waals surface area contributed by atoms with Gasteiger partial charge >= 0.3 is 12.0 Å². The number of carbonyl (C=O) groups excluding carboxylic acids is 1. The van der Waals surface area contributed by atoms with Gasteiger partial charge in [-0.2, -0.15) is 0 Å². The lowest BCUT2D eigenvalue weighted by Gasteiger charge is -2.32. The fourth-order valence-corrected chi connectivity index (χ4v) is 3.07. The molecule has 0 aromatic carbocycles. The number of carboxylic acid groups (broad SMARTS) is 1. The molecule has 1 rings (SSSR count). The zero-order valence-corrected chi connectivity index (χ0v) is 13.6. The molecule has 0 unspecified atom stereocenters. The number of hydrogen-bond donors (Lipinski definition) is 2. The van der Waals surface area contributed by atoms with Gasteiger partial charge in [0.25, 0.3) is 0 Å². The van der Waals surface area contributed by atoms with Crippen LogP contribution in [0.1, 0.15) is 65.7 Å². The molecule has 0 aliphatic heterocycles. The molecule has 122 valence electrons. The molecule has 0 atom stereocenters. The lowest BCUT2D eigenvalue weighted by Crippen LogP contribution is -2.49.